The van der Waals surface area contributed by atoms with Crippen molar-refractivity contribution < 1.29 is 19.1 Å². The van der Waals surface area contributed by atoms with Gasteiger partial charge in [-0.25, -0.2) is 5.43 Å². The zero-order valence-electron chi connectivity index (χ0n) is 19.4. The summed E-state index contributed by atoms with van der Waals surface area (Å²) in [5, 5.41) is 8.20. The van der Waals surface area contributed by atoms with E-state index in [2.05, 4.69) is 15.8 Å². The molecule has 3 rings (SSSR count). The number of benzene rings is 3. The number of anilines is 1. The van der Waals surface area contributed by atoms with Crippen molar-refractivity contribution in [2.24, 2.45) is 5.10 Å². The predicted octanol–water partition coefficient (Wildman–Crippen LogP) is 6.49. The van der Waals surface area contributed by atoms with Gasteiger partial charge in [-0.3, -0.25) is 9.59 Å². The van der Waals surface area contributed by atoms with Gasteiger partial charge in [0.05, 0.1) is 12.8 Å². The lowest BCUT2D eigenvalue weighted by molar-refractivity contribution is -0.124. The molecular weight excluding hydrogens is 525 g/mol. The Morgan fingerprint density at radius 2 is 1.58 bits per heavy atom. The van der Waals surface area contributed by atoms with Gasteiger partial charge in [-0.2, -0.15) is 5.10 Å². The van der Waals surface area contributed by atoms with Crippen LogP contribution in [0, 0.1) is 0 Å². The van der Waals surface area contributed by atoms with Gasteiger partial charge in [-0.15, -0.1) is 0 Å². The van der Waals surface area contributed by atoms with Crippen LogP contribution in [-0.2, 0) is 16.2 Å². The molecule has 2 N–H and O–H groups in total. The number of rotatable bonds is 11. The number of hydrazone groups is 1. The van der Waals surface area contributed by atoms with E-state index in [9.17, 15) is 9.59 Å². The van der Waals surface area contributed by atoms with Crippen LogP contribution in [0.2, 0.25) is 15.1 Å². The Labute approximate surface area is 224 Å². The van der Waals surface area contributed by atoms with Crippen molar-refractivity contribution in [1.82, 2.24) is 5.43 Å². The third kappa shape index (κ3) is 8.75. The molecule has 3 aromatic rings. The van der Waals surface area contributed by atoms with Crippen molar-refractivity contribution in [1.29, 1.82) is 0 Å². The van der Waals surface area contributed by atoms with Crippen LogP contribution in [0.1, 0.15) is 30.9 Å². The molecule has 0 bridgehead atoms. The van der Waals surface area contributed by atoms with E-state index >= 15 is 0 Å². The largest absolute Gasteiger partial charge is 0.494 e. The van der Waals surface area contributed by atoms with Crippen LogP contribution < -0.4 is 20.2 Å². The Bertz CT molecular complexity index is 1230. The number of hydrogen-bond acceptors (Lipinski definition) is 5. The van der Waals surface area contributed by atoms with Gasteiger partial charge >= 0.3 is 0 Å². The Hall–Kier alpha value is -3.26. The lowest BCUT2D eigenvalue weighted by Gasteiger charge is -2.11. The number of amides is 2. The highest BCUT2D eigenvalue weighted by atomic mass is 35.5. The number of nitrogens with one attached hydrogen (secondary N) is 2. The summed E-state index contributed by atoms with van der Waals surface area (Å²) in [6.45, 7) is 2.66. The maximum atomic E-state index is 12.1. The average molecular weight is 549 g/mol. The van der Waals surface area contributed by atoms with Gasteiger partial charge in [-0.1, -0.05) is 40.9 Å². The van der Waals surface area contributed by atoms with Crippen LogP contribution in [0.3, 0.4) is 0 Å². The van der Waals surface area contributed by atoms with E-state index in [4.69, 9.17) is 44.3 Å². The number of halogens is 3. The average Bonchev–Trinajstić information content (AvgIpc) is 2.84. The van der Waals surface area contributed by atoms with Gasteiger partial charge < -0.3 is 14.8 Å². The van der Waals surface area contributed by atoms with Crippen molar-refractivity contribution in [3.05, 3.63) is 86.9 Å². The van der Waals surface area contributed by atoms with Gasteiger partial charge in [0.2, 0.25) is 11.8 Å². The molecule has 0 fully saturated rings. The molecule has 0 radical (unpaired) electrons. The first-order valence-electron chi connectivity index (χ1n) is 11.0. The quantitative estimate of drug-likeness (QED) is 0.212. The highest BCUT2D eigenvalue weighted by Gasteiger charge is 2.09. The molecule has 3 aromatic carbocycles. The van der Waals surface area contributed by atoms with Crippen molar-refractivity contribution in [2.75, 3.05) is 11.9 Å². The molecule has 0 aliphatic heterocycles. The lowest BCUT2D eigenvalue weighted by Crippen LogP contribution is -2.20. The molecule has 7 nitrogen and oxygen atoms in total. The third-order valence-corrected chi connectivity index (χ3v) is 5.61. The molecule has 2 amide bonds. The molecule has 0 atom stereocenters. The fraction of sp³-hybridized carbons (Fsp3) is 0.192. The topological polar surface area (TPSA) is 89.0 Å². The summed E-state index contributed by atoms with van der Waals surface area (Å²) < 4.78 is 11.2. The van der Waals surface area contributed by atoms with E-state index in [0.29, 0.717) is 38.7 Å². The first-order valence-corrected chi connectivity index (χ1v) is 12.2. The van der Waals surface area contributed by atoms with Crippen molar-refractivity contribution in [3.63, 3.8) is 0 Å². The van der Waals surface area contributed by atoms with Gasteiger partial charge in [0, 0.05) is 44.7 Å². The minimum atomic E-state index is -0.412. The molecule has 10 heteroatoms. The summed E-state index contributed by atoms with van der Waals surface area (Å²) in [6.07, 6.45) is 1.39. The molecular formula is C26H24Cl3N3O4. The van der Waals surface area contributed by atoms with Crippen LogP contribution in [0.4, 0.5) is 5.69 Å². The monoisotopic (exact) mass is 547 g/mol. The molecule has 0 saturated carbocycles. The molecule has 0 spiro atoms. The van der Waals surface area contributed by atoms with Crippen LogP contribution in [0.15, 0.2) is 65.8 Å². The van der Waals surface area contributed by atoms with Gasteiger partial charge in [0.15, 0.2) is 0 Å². The summed E-state index contributed by atoms with van der Waals surface area (Å²) in [4.78, 5) is 24.3. The van der Waals surface area contributed by atoms with Crippen molar-refractivity contribution >= 4 is 58.5 Å². The summed E-state index contributed by atoms with van der Waals surface area (Å²) in [5.74, 6) is 0.517. The number of ether oxygens (including phenoxy) is 2. The second kappa shape index (κ2) is 13.7. The SMILES string of the molecule is CCOc1ccc(NC(=O)CCC(=O)NN=Cc2cc(Cl)ccc2OCc2ccc(Cl)cc2Cl)cc1. The first kappa shape index (κ1) is 27.3. The molecule has 0 aromatic heterocycles. The molecule has 0 aliphatic carbocycles. The van der Waals surface area contributed by atoms with Crippen molar-refractivity contribution in [3.8, 4) is 11.5 Å². The molecule has 0 aliphatic rings. The molecule has 0 unspecified atom stereocenters. The Morgan fingerprint density at radius 3 is 2.31 bits per heavy atom. The second-order valence-electron chi connectivity index (χ2n) is 7.51. The third-order valence-electron chi connectivity index (χ3n) is 4.79. The number of carbonyl (C=O) groups is 2. The minimum Gasteiger partial charge on any atom is -0.494 e. The van der Waals surface area contributed by atoms with E-state index in [0.717, 1.165) is 11.3 Å². The van der Waals surface area contributed by atoms with Crippen LogP contribution in [0.5, 0.6) is 11.5 Å². The molecule has 36 heavy (non-hydrogen) atoms. The molecule has 0 heterocycles. The van der Waals surface area contributed by atoms with E-state index in [1.165, 1.54) is 6.21 Å². The summed E-state index contributed by atoms with van der Waals surface area (Å²) in [5.41, 5.74) is 4.34. The smallest absolute Gasteiger partial charge is 0.240 e. The fourth-order valence-electron chi connectivity index (χ4n) is 3.03. The maximum Gasteiger partial charge on any atom is 0.240 e. The lowest BCUT2D eigenvalue weighted by atomic mass is 10.2. The normalized spacial score (nSPS) is 10.8. The zero-order chi connectivity index (χ0) is 25.9. The predicted molar refractivity (Wildman–Crippen MR) is 143 cm³/mol. The van der Waals surface area contributed by atoms with E-state index < -0.39 is 5.91 Å². The van der Waals surface area contributed by atoms with Gasteiger partial charge in [-0.05, 0) is 61.5 Å². The summed E-state index contributed by atoms with van der Waals surface area (Å²) >= 11 is 18.2. The maximum absolute atomic E-state index is 12.1. The number of carbonyl (C=O) groups excluding carboxylic acids is 2. The van der Waals surface area contributed by atoms with Crippen LogP contribution >= 0.6 is 34.8 Å². The van der Waals surface area contributed by atoms with Gasteiger partial charge in [0.25, 0.3) is 0 Å². The Morgan fingerprint density at radius 1 is 0.889 bits per heavy atom. The second-order valence-corrected chi connectivity index (χ2v) is 8.79. The minimum absolute atomic E-state index is 0.00193. The van der Waals surface area contributed by atoms with Crippen molar-refractivity contribution in [2.45, 2.75) is 26.4 Å². The number of hydrogen-bond donors (Lipinski definition) is 2. The Kier molecular flexibility index (Phi) is 10.4. The highest BCUT2D eigenvalue weighted by Crippen LogP contribution is 2.25. The first-order chi connectivity index (χ1) is 17.3. The number of nitrogens with zero attached hydrogens (tertiary/aromatic N) is 1. The van der Waals surface area contributed by atoms with E-state index in [-0.39, 0.29) is 25.4 Å². The highest BCUT2D eigenvalue weighted by molar-refractivity contribution is 6.35. The van der Waals surface area contributed by atoms with Crippen LogP contribution in [-0.4, -0.2) is 24.6 Å². The summed E-state index contributed by atoms with van der Waals surface area (Å²) in [6, 6.07) is 17.2. The zero-order valence-corrected chi connectivity index (χ0v) is 21.7. The van der Waals surface area contributed by atoms with E-state index in [1.54, 1.807) is 60.7 Å². The van der Waals surface area contributed by atoms with E-state index in [1.807, 2.05) is 6.92 Å². The standard InChI is InChI=1S/C26H24Cl3N3O4/c1-2-35-22-8-6-21(7-9-22)31-25(33)11-12-26(34)32-30-15-18-13-19(27)5-10-24(18)36-16-17-3-4-20(28)14-23(17)29/h3-10,13-15H,2,11-12,16H2,1H3,(H,31,33)(H,32,34). The van der Waals surface area contributed by atoms with Crippen LogP contribution in [0.25, 0.3) is 0 Å². The Balaban J connectivity index is 1.49. The molecule has 0 saturated heterocycles. The van der Waals surface area contributed by atoms with Gasteiger partial charge in [0.1, 0.15) is 18.1 Å². The summed E-state index contributed by atoms with van der Waals surface area (Å²) in [7, 11) is 0. The molecule has 188 valence electrons. The fourth-order valence-corrected chi connectivity index (χ4v) is 3.67.